The number of Topliss-reactive ketones (excluding diaryl/α,β-unsaturated/α-hetero) is 1. The number of carbonyl (C=O) groups excluding carboxylic acids is 3. The molecule has 0 fully saturated rings. The first-order valence-corrected chi connectivity index (χ1v) is 6.87. The van der Waals surface area contributed by atoms with Crippen molar-refractivity contribution in [2.24, 2.45) is 5.92 Å². The van der Waals surface area contributed by atoms with Gasteiger partial charge in [-0.1, -0.05) is 0 Å². The van der Waals surface area contributed by atoms with E-state index in [1.54, 1.807) is 26.0 Å². The normalized spacial score (nSPS) is 12.0. The molecule has 6 nitrogen and oxygen atoms in total. The SMILES string of the molecule is CCOC(=O)C(C(=O)OCC)[C@H](CC(C)=O)c1ccco1. The lowest BCUT2D eigenvalue weighted by Gasteiger charge is -2.21. The fourth-order valence-corrected chi connectivity index (χ4v) is 2.08. The van der Waals surface area contributed by atoms with Crippen LogP contribution < -0.4 is 0 Å². The van der Waals surface area contributed by atoms with Crippen LogP contribution in [0.25, 0.3) is 0 Å². The lowest BCUT2D eigenvalue weighted by atomic mass is 9.86. The molecule has 0 bridgehead atoms. The fraction of sp³-hybridized carbons (Fsp3) is 0.533. The Hall–Kier alpha value is -2.11. The summed E-state index contributed by atoms with van der Waals surface area (Å²) < 4.78 is 15.1. The number of furan rings is 1. The summed E-state index contributed by atoms with van der Waals surface area (Å²) >= 11 is 0. The van der Waals surface area contributed by atoms with Gasteiger partial charge < -0.3 is 18.7 Å². The quantitative estimate of drug-likeness (QED) is 0.539. The van der Waals surface area contributed by atoms with Gasteiger partial charge in [0.15, 0.2) is 5.92 Å². The summed E-state index contributed by atoms with van der Waals surface area (Å²) in [4.78, 5) is 35.7. The van der Waals surface area contributed by atoms with Crippen LogP contribution in [-0.4, -0.2) is 30.9 Å². The third kappa shape index (κ3) is 4.73. The van der Waals surface area contributed by atoms with E-state index in [9.17, 15) is 14.4 Å². The summed E-state index contributed by atoms with van der Waals surface area (Å²) in [5.41, 5.74) is 0. The summed E-state index contributed by atoms with van der Waals surface area (Å²) in [6.07, 6.45) is 1.42. The molecular weight excluding hydrogens is 276 g/mol. The van der Waals surface area contributed by atoms with Crippen molar-refractivity contribution in [3.05, 3.63) is 24.2 Å². The lowest BCUT2D eigenvalue weighted by Crippen LogP contribution is -2.34. The monoisotopic (exact) mass is 296 g/mol. The van der Waals surface area contributed by atoms with E-state index in [0.717, 1.165) is 0 Å². The Labute approximate surface area is 123 Å². The molecule has 0 unspecified atom stereocenters. The number of hydrogen-bond acceptors (Lipinski definition) is 6. The van der Waals surface area contributed by atoms with Crippen LogP contribution in [0.5, 0.6) is 0 Å². The molecule has 0 spiro atoms. The molecular formula is C15H20O6. The highest BCUT2D eigenvalue weighted by Crippen LogP contribution is 2.31. The molecule has 0 amide bonds. The molecule has 0 saturated heterocycles. The number of carbonyl (C=O) groups is 3. The number of hydrogen-bond donors (Lipinski definition) is 0. The third-order valence-electron chi connectivity index (χ3n) is 2.90. The minimum atomic E-state index is -1.21. The van der Waals surface area contributed by atoms with Crippen molar-refractivity contribution < 1.29 is 28.3 Å². The molecule has 0 aliphatic carbocycles. The molecule has 116 valence electrons. The predicted octanol–water partition coefficient (Wildman–Crippen LogP) is 2.08. The molecule has 1 aromatic heterocycles. The van der Waals surface area contributed by atoms with Crippen LogP contribution in [0, 0.1) is 5.92 Å². The summed E-state index contributed by atoms with van der Waals surface area (Å²) in [6.45, 7) is 4.96. The van der Waals surface area contributed by atoms with Crippen LogP contribution in [0.15, 0.2) is 22.8 Å². The Kier molecular flexibility index (Phi) is 6.65. The van der Waals surface area contributed by atoms with E-state index in [2.05, 4.69) is 0 Å². The second-order valence-corrected chi connectivity index (χ2v) is 4.51. The van der Waals surface area contributed by atoms with Crippen LogP contribution in [0.3, 0.4) is 0 Å². The molecule has 0 N–H and O–H groups in total. The second kappa shape index (κ2) is 8.24. The van der Waals surface area contributed by atoms with Crippen molar-refractivity contribution in [1.82, 2.24) is 0 Å². The van der Waals surface area contributed by atoms with Gasteiger partial charge >= 0.3 is 11.9 Å². The third-order valence-corrected chi connectivity index (χ3v) is 2.90. The lowest BCUT2D eigenvalue weighted by molar-refractivity contribution is -0.163. The van der Waals surface area contributed by atoms with Gasteiger partial charge in [-0.25, -0.2) is 0 Å². The minimum Gasteiger partial charge on any atom is -0.469 e. The zero-order valence-electron chi connectivity index (χ0n) is 12.5. The van der Waals surface area contributed by atoms with Crippen LogP contribution in [0.1, 0.15) is 38.9 Å². The van der Waals surface area contributed by atoms with Crippen molar-refractivity contribution >= 4 is 17.7 Å². The van der Waals surface area contributed by atoms with E-state index >= 15 is 0 Å². The fourth-order valence-electron chi connectivity index (χ4n) is 2.08. The maximum absolute atomic E-state index is 12.1. The second-order valence-electron chi connectivity index (χ2n) is 4.51. The smallest absolute Gasteiger partial charge is 0.321 e. The van der Waals surface area contributed by atoms with E-state index in [-0.39, 0.29) is 25.4 Å². The summed E-state index contributed by atoms with van der Waals surface area (Å²) in [5.74, 6) is -3.13. The topological polar surface area (TPSA) is 82.8 Å². The van der Waals surface area contributed by atoms with Crippen LogP contribution >= 0.6 is 0 Å². The molecule has 21 heavy (non-hydrogen) atoms. The molecule has 0 aliphatic heterocycles. The zero-order chi connectivity index (χ0) is 15.8. The minimum absolute atomic E-state index is 0.00416. The average molecular weight is 296 g/mol. The number of ketones is 1. The Morgan fingerprint density at radius 3 is 2.10 bits per heavy atom. The van der Waals surface area contributed by atoms with E-state index in [4.69, 9.17) is 13.9 Å². The Morgan fingerprint density at radius 1 is 1.14 bits per heavy atom. The predicted molar refractivity (Wildman–Crippen MR) is 73.5 cm³/mol. The highest BCUT2D eigenvalue weighted by atomic mass is 16.6. The molecule has 1 rings (SSSR count). The summed E-state index contributed by atoms with van der Waals surface area (Å²) in [5, 5.41) is 0. The summed E-state index contributed by atoms with van der Waals surface area (Å²) in [6, 6.07) is 3.26. The number of rotatable bonds is 8. The number of ether oxygens (including phenoxy) is 2. The van der Waals surface area contributed by atoms with Gasteiger partial charge in [-0.2, -0.15) is 0 Å². The van der Waals surface area contributed by atoms with Crippen LogP contribution in [-0.2, 0) is 23.9 Å². The van der Waals surface area contributed by atoms with Crippen molar-refractivity contribution in [3.63, 3.8) is 0 Å². The van der Waals surface area contributed by atoms with E-state index < -0.39 is 23.8 Å². The molecule has 1 heterocycles. The molecule has 0 saturated carbocycles. The number of esters is 2. The molecule has 1 aromatic rings. The molecule has 0 aliphatic rings. The Bertz CT molecular complexity index is 458. The van der Waals surface area contributed by atoms with Gasteiger partial charge in [0.05, 0.1) is 19.5 Å². The van der Waals surface area contributed by atoms with E-state index in [0.29, 0.717) is 5.76 Å². The Morgan fingerprint density at radius 2 is 1.71 bits per heavy atom. The molecule has 0 radical (unpaired) electrons. The first-order valence-electron chi connectivity index (χ1n) is 6.87. The van der Waals surface area contributed by atoms with Gasteiger partial charge in [0.2, 0.25) is 0 Å². The first kappa shape index (κ1) is 16.9. The van der Waals surface area contributed by atoms with Gasteiger partial charge in [-0.3, -0.25) is 9.59 Å². The maximum Gasteiger partial charge on any atom is 0.321 e. The van der Waals surface area contributed by atoms with Crippen molar-refractivity contribution in [2.75, 3.05) is 13.2 Å². The van der Waals surface area contributed by atoms with Gasteiger partial charge in [0.1, 0.15) is 11.5 Å². The van der Waals surface area contributed by atoms with Crippen molar-refractivity contribution in [3.8, 4) is 0 Å². The highest BCUT2D eigenvalue weighted by Gasteiger charge is 2.40. The van der Waals surface area contributed by atoms with E-state index in [1.165, 1.54) is 13.2 Å². The van der Waals surface area contributed by atoms with Crippen LogP contribution in [0.2, 0.25) is 0 Å². The van der Waals surface area contributed by atoms with Crippen molar-refractivity contribution in [1.29, 1.82) is 0 Å². The van der Waals surface area contributed by atoms with Gasteiger partial charge in [-0.15, -0.1) is 0 Å². The maximum atomic E-state index is 12.1. The largest absolute Gasteiger partial charge is 0.469 e. The van der Waals surface area contributed by atoms with Gasteiger partial charge in [-0.05, 0) is 32.9 Å². The zero-order valence-corrected chi connectivity index (χ0v) is 12.5. The molecule has 1 atom stereocenters. The van der Waals surface area contributed by atoms with Crippen molar-refractivity contribution in [2.45, 2.75) is 33.1 Å². The van der Waals surface area contributed by atoms with E-state index in [1.807, 2.05) is 0 Å². The summed E-state index contributed by atoms with van der Waals surface area (Å²) in [7, 11) is 0. The van der Waals surface area contributed by atoms with Gasteiger partial charge in [0, 0.05) is 12.3 Å². The first-order chi connectivity index (χ1) is 10.0. The molecule has 0 aromatic carbocycles. The standard InChI is InChI=1S/C15H20O6/c1-4-19-14(17)13(15(18)20-5-2)11(9-10(3)16)12-7-6-8-21-12/h6-8,11,13H,4-5,9H2,1-3H3/t11-/m1/s1. The average Bonchev–Trinajstić information content (AvgIpc) is 2.91. The van der Waals surface area contributed by atoms with Crippen LogP contribution in [0.4, 0.5) is 0 Å². The highest BCUT2D eigenvalue weighted by molar-refractivity contribution is 5.96. The molecule has 6 heteroatoms. The van der Waals surface area contributed by atoms with Gasteiger partial charge in [0.25, 0.3) is 0 Å². The Balaban J connectivity index is 3.12.